The van der Waals surface area contributed by atoms with Gasteiger partial charge in [0.2, 0.25) is 0 Å². The van der Waals surface area contributed by atoms with E-state index in [2.05, 4.69) is 27.1 Å². The summed E-state index contributed by atoms with van der Waals surface area (Å²) in [7, 11) is 0. The van der Waals surface area contributed by atoms with E-state index in [4.69, 9.17) is 9.26 Å². The molecule has 5 rings (SSSR count). The molecule has 0 saturated carbocycles. The molecular formula is C22H25N5O3. The number of anilines is 1. The molecule has 2 aliphatic rings. The molecule has 0 aromatic carbocycles. The van der Waals surface area contributed by atoms with Gasteiger partial charge in [-0.2, -0.15) is 5.10 Å². The van der Waals surface area contributed by atoms with Crippen LogP contribution in [0.4, 0.5) is 5.69 Å². The van der Waals surface area contributed by atoms with Crippen molar-refractivity contribution < 1.29 is 9.26 Å². The van der Waals surface area contributed by atoms with Gasteiger partial charge in [0.05, 0.1) is 25.0 Å². The third kappa shape index (κ3) is 3.31. The molecule has 3 aromatic rings. The second-order valence-electron chi connectivity index (χ2n) is 8.62. The Bertz CT molecular complexity index is 1130. The van der Waals surface area contributed by atoms with E-state index < -0.39 is 0 Å². The molecule has 3 aromatic heterocycles. The predicted octanol–water partition coefficient (Wildman–Crippen LogP) is 2.57. The molecule has 0 bridgehead atoms. The van der Waals surface area contributed by atoms with E-state index in [9.17, 15) is 4.79 Å². The number of hydrogen-bond donors (Lipinski definition) is 0. The van der Waals surface area contributed by atoms with E-state index in [-0.39, 0.29) is 11.2 Å². The Balaban J connectivity index is 1.35. The zero-order valence-corrected chi connectivity index (χ0v) is 17.5. The third-order valence-electron chi connectivity index (χ3n) is 6.05. The minimum absolute atomic E-state index is 0.0369. The molecule has 156 valence electrons. The van der Waals surface area contributed by atoms with Gasteiger partial charge < -0.3 is 14.2 Å². The number of aryl methyl sites for hydroxylation is 2. The molecule has 8 heteroatoms. The smallest absolute Gasteiger partial charge is 0.269 e. The summed E-state index contributed by atoms with van der Waals surface area (Å²) in [5.41, 5.74) is 3.96. The molecule has 1 atom stereocenters. The fraction of sp³-hybridized carbons (Fsp3) is 0.455. The van der Waals surface area contributed by atoms with E-state index in [1.54, 1.807) is 18.5 Å². The second-order valence-corrected chi connectivity index (χ2v) is 8.62. The van der Waals surface area contributed by atoms with Crippen LogP contribution in [0.25, 0.3) is 11.3 Å². The molecule has 2 saturated heterocycles. The van der Waals surface area contributed by atoms with Crippen LogP contribution in [0.3, 0.4) is 0 Å². The van der Waals surface area contributed by atoms with Crippen molar-refractivity contribution in [3.63, 3.8) is 0 Å². The molecule has 30 heavy (non-hydrogen) atoms. The molecule has 0 amide bonds. The van der Waals surface area contributed by atoms with Crippen molar-refractivity contribution in [3.05, 3.63) is 58.0 Å². The first kappa shape index (κ1) is 19.0. The lowest BCUT2D eigenvalue weighted by Gasteiger charge is -2.48. The quantitative estimate of drug-likeness (QED) is 0.657. The Morgan fingerprint density at radius 2 is 2.07 bits per heavy atom. The van der Waals surface area contributed by atoms with E-state index in [1.807, 2.05) is 26.0 Å². The summed E-state index contributed by atoms with van der Waals surface area (Å²) in [5, 5.41) is 8.59. The van der Waals surface area contributed by atoms with Crippen LogP contribution in [0, 0.1) is 19.8 Å². The van der Waals surface area contributed by atoms with Crippen molar-refractivity contribution in [1.82, 2.24) is 19.9 Å². The van der Waals surface area contributed by atoms with Gasteiger partial charge in [-0.25, -0.2) is 4.68 Å². The van der Waals surface area contributed by atoms with Crippen LogP contribution in [0.2, 0.25) is 0 Å². The summed E-state index contributed by atoms with van der Waals surface area (Å²) in [6.45, 7) is 8.74. The highest BCUT2D eigenvalue weighted by atomic mass is 16.5. The van der Waals surface area contributed by atoms with E-state index in [0.717, 1.165) is 48.6 Å². The van der Waals surface area contributed by atoms with E-state index >= 15 is 0 Å². The molecule has 0 radical (unpaired) electrons. The van der Waals surface area contributed by atoms with Crippen LogP contribution in [0.15, 0.2) is 39.9 Å². The first-order valence-corrected chi connectivity index (χ1v) is 10.3. The van der Waals surface area contributed by atoms with Crippen molar-refractivity contribution in [2.24, 2.45) is 5.92 Å². The maximum Gasteiger partial charge on any atom is 0.269 e. The Morgan fingerprint density at radius 3 is 2.73 bits per heavy atom. The van der Waals surface area contributed by atoms with Crippen molar-refractivity contribution in [1.29, 1.82) is 0 Å². The number of hydrogen-bond acceptors (Lipinski definition) is 7. The summed E-state index contributed by atoms with van der Waals surface area (Å²) in [4.78, 5) is 19.2. The van der Waals surface area contributed by atoms with Crippen molar-refractivity contribution in [2.45, 2.75) is 39.3 Å². The monoisotopic (exact) mass is 407 g/mol. The summed E-state index contributed by atoms with van der Waals surface area (Å²) in [6, 6.07) is 5.53. The van der Waals surface area contributed by atoms with Gasteiger partial charge >= 0.3 is 0 Å². The Morgan fingerprint density at radius 1 is 1.23 bits per heavy atom. The van der Waals surface area contributed by atoms with Crippen molar-refractivity contribution >= 4 is 5.69 Å². The number of aromatic nitrogens is 4. The fourth-order valence-corrected chi connectivity index (χ4v) is 4.40. The number of nitrogens with zero attached hydrogens (tertiary/aromatic N) is 5. The summed E-state index contributed by atoms with van der Waals surface area (Å²) < 4.78 is 12.8. The maximum atomic E-state index is 12.8. The standard InChI is InChI=1S/C22H25N5O3/c1-14-7-22(29-11-14)12-26(13-22)18-6-20(28)27(24-9-18)10-19-16(3)30-25-21(19)17-5-4-15(2)23-8-17/h4-6,8-9,14H,7,10-13H2,1-3H3. The summed E-state index contributed by atoms with van der Waals surface area (Å²) >= 11 is 0. The first-order valence-electron chi connectivity index (χ1n) is 10.3. The second kappa shape index (κ2) is 7.05. The van der Waals surface area contributed by atoms with Crippen molar-refractivity contribution in [2.75, 3.05) is 24.6 Å². The van der Waals surface area contributed by atoms with Gasteiger partial charge in [-0.05, 0) is 38.3 Å². The molecular weight excluding hydrogens is 382 g/mol. The molecule has 0 N–H and O–H groups in total. The lowest BCUT2D eigenvalue weighted by molar-refractivity contribution is -0.0186. The Labute approximate surface area is 174 Å². The van der Waals surface area contributed by atoms with Crippen LogP contribution in [0.1, 0.15) is 30.4 Å². The zero-order valence-electron chi connectivity index (χ0n) is 17.5. The average molecular weight is 407 g/mol. The fourth-order valence-electron chi connectivity index (χ4n) is 4.40. The molecule has 0 aliphatic carbocycles. The Hall–Kier alpha value is -3.00. The number of rotatable bonds is 4. The molecule has 1 unspecified atom stereocenters. The van der Waals surface area contributed by atoms with Crippen molar-refractivity contribution in [3.8, 4) is 11.3 Å². The largest absolute Gasteiger partial charge is 0.371 e. The Kier molecular flexibility index (Phi) is 4.47. The van der Waals surface area contributed by atoms with Crippen LogP contribution < -0.4 is 10.5 Å². The highest BCUT2D eigenvalue weighted by Crippen LogP contribution is 2.39. The normalized spacial score (nSPS) is 20.0. The molecule has 1 spiro atoms. The summed E-state index contributed by atoms with van der Waals surface area (Å²) in [6.07, 6.45) is 4.60. The number of ether oxygens (including phenoxy) is 1. The summed E-state index contributed by atoms with van der Waals surface area (Å²) in [5.74, 6) is 1.27. The highest BCUT2D eigenvalue weighted by Gasteiger charge is 2.48. The van der Waals surface area contributed by atoms with Gasteiger partial charge in [0, 0.05) is 42.2 Å². The SMILES string of the molecule is Cc1ccc(-c2noc(C)c2Cn2ncc(N3CC4(CC(C)CO4)C3)cc2=O)cn1. The van der Waals surface area contributed by atoms with E-state index in [1.165, 1.54) is 4.68 Å². The van der Waals surface area contributed by atoms with Crippen LogP contribution in [0.5, 0.6) is 0 Å². The van der Waals surface area contributed by atoms with Crippen LogP contribution in [-0.2, 0) is 11.3 Å². The maximum absolute atomic E-state index is 12.8. The lowest BCUT2D eigenvalue weighted by atomic mass is 9.87. The highest BCUT2D eigenvalue weighted by molar-refractivity contribution is 5.62. The van der Waals surface area contributed by atoms with Crippen LogP contribution >= 0.6 is 0 Å². The molecule has 8 nitrogen and oxygen atoms in total. The average Bonchev–Trinajstić information content (AvgIpc) is 3.26. The minimum Gasteiger partial charge on any atom is -0.371 e. The lowest BCUT2D eigenvalue weighted by Crippen LogP contribution is -2.62. The molecule has 5 heterocycles. The van der Waals surface area contributed by atoms with Gasteiger partial charge in [0.25, 0.3) is 5.56 Å². The molecule has 2 aliphatic heterocycles. The first-order chi connectivity index (χ1) is 14.4. The minimum atomic E-state index is -0.150. The topological polar surface area (TPSA) is 86.3 Å². The van der Waals surface area contributed by atoms with Gasteiger partial charge in [0.1, 0.15) is 17.1 Å². The number of pyridine rings is 1. The van der Waals surface area contributed by atoms with Gasteiger partial charge in [0.15, 0.2) is 0 Å². The third-order valence-corrected chi connectivity index (χ3v) is 6.05. The van der Waals surface area contributed by atoms with Gasteiger partial charge in [-0.15, -0.1) is 0 Å². The van der Waals surface area contributed by atoms with Gasteiger partial charge in [-0.1, -0.05) is 12.1 Å². The van der Waals surface area contributed by atoms with Crippen LogP contribution in [-0.4, -0.2) is 45.2 Å². The van der Waals surface area contributed by atoms with E-state index in [0.29, 0.717) is 23.9 Å². The van der Waals surface area contributed by atoms with Gasteiger partial charge in [-0.3, -0.25) is 9.78 Å². The molecule has 2 fully saturated rings. The predicted molar refractivity (Wildman–Crippen MR) is 111 cm³/mol. The zero-order chi connectivity index (χ0) is 20.9.